The standard InChI is InChI=1S/C27H30N4O2S/c1-29-16-18-31(19-17-29)26(32)22-12-14-30(15-13-22)27(33)24-23(20-8-4-2-5-9-20)28-25(34-24)21-10-6-3-7-11-21/h2-11,22H,12-19H2,1H3. The summed E-state index contributed by atoms with van der Waals surface area (Å²) in [5.41, 5.74) is 2.70. The van der Waals surface area contributed by atoms with E-state index in [4.69, 9.17) is 4.98 Å². The van der Waals surface area contributed by atoms with E-state index >= 15 is 0 Å². The number of carbonyl (C=O) groups is 2. The molecule has 6 nitrogen and oxygen atoms in total. The Labute approximate surface area is 204 Å². The predicted octanol–water partition coefficient (Wildman–Crippen LogP) is 4.10. The molecule has 0 bridgehead atoms. The maximum atomic E-state index is 13.6. The lowest BCUT2D eigenvalue weighted by molar-refractivity contribution is -0.138. The number of thiazole rings is 1. The molecule has 2 amide bonds. The second-order valence-electron chi connectivity index (χ2n) is 9.12. The number of piperidine rings is 1. The third-order valence-electron chi connectivity index (χ3n) is 6.84. The molecule has 0 aliphatic carbocycles. The first-order valence-corrected chi connectivity index (χ1v) is 12.8. The summed E-state index contributed by atoms with van der Waals surface area (Å²) in [6.07, 6.45) is 1.45. The molecule has 2 aliphatic heterocycles. The molecular weight excluding hydrogens is 444 g/mol. The number of piperazine rings is 1. The number of benzene rings is 2. The lowest BCUT2D eigenvalue weighted by Crippen LogP contribution is -2.51. The molecule has 2 fully saturated rings. The smallest absolute Gasteiger partial charge is 0.266 e. The van der Waals surface area contributed by atoms with E-state index in [-0.39, 0.29) is 17.7 Å². The van der Waals surface area contributed by atoms with Crippen LogP contribution in [0.4, 0.5) is 0 Å². The summed E-state index contributed by atoms with van der Waals surface area (Å²) >= 11 is 1.46. The molecule has 3 heterocycles. The van der Waals surface area contributed by atoms with Gasteiger partial charge in [-0.25, -0.2) is 4.98 Å². The number of rotatable bonds is 4. The van der Waals surface area contributed by atoms with E-state index in [9.17, 15) is 9.59 Å². The number of nitrogens with zero attached hydrogens (tertiary/aromatic N) is 4. The topological polar surface area (TPSA) is 56.8 Å². The van der Waals surface area contributed by atoms with Gasteiger partial charge in [-0.15, -0.1) is 11.3 Å². The molecule has 0 unspecified atom stereocenters. The molecule has 0 N–H and O–H groups in total. The fourth-order valence-corrected chi connectivity index (χ4v) is 5.78. The largest absolute Gasteiger partial charge is 0.340 e. The molecule has 0 radical (unpaired) electrons. The number of carbonyl (C=O) groups excluding carboxylic acids is 2. The van der Waals surface area contributed by atoms with Gasteiger partial charge in [-0.2, -0.15) is 0 Å². The lowest BCUT2D eigenvalue weighted by atomic mass is 9.94. The number of aromatic nitrogens is 1. The number of hydrogen-bond acceptors (Lipinski definition) is 5. The van der Waals surface area contributed by atoms with Crippen molar-refractivity contribution in [2.24, 2.45) is 5.92 Å². The molecule has 2 aromatic carbocycles. The van der Waals surface area contributed by atoms with E-state index in [0.717, 1.165) is 60.8 Å². The molecule has 34 heavy (non-hydrogen) atoms. The molecule has 2 saturated heterocycles. The van der Waals surface area contributed by atoms with Crippen LogP contribution in [0.2, 0.25) is 0 Å². The van der Waals surface area contributed by atoms with Crippen LogP contribution in [-0.2, 0) is 4.79 Å². The molecule has 176 valence electrons. The van der Waals surface area contributed by atoms with Crippen LogP contribution in [-0.4, -0.2) is 77.8 Å². The molecule has 0 atom stereocenters. The van der Waals surface area contributed by atoms with E-state index in [1.165, 1.54) is 11.3 Å². The van der Waals surface area contributed by atoms with Crippen molar-refractivity contribution >= 4 is 23.2 Å². The predicted molar refractivity (Wildman–Crippen MR) is 136 cm³/mol. The van der Waals surface area contributed by atoms with Gasteiger partial charge in [0, 0.05) is 56.3 Å². The van der Waals surface area contributed by atoms with E-state index in [1.807, 2.05) is 70.5 Å². The van der Waals surface area contributed by atoms with Gasteiger partial charge in [-0.1, -0.05) is 60.7 Å². The van der Waals surface area contributed by atoms with Crippen molar-refractivity contribution in [2.45, 2.75) is 12.8 Å². The minimum absolute atomic E-state index is 0.0161. The second-order valence-corrected chi connectivity index (χ2v) is 10.1. The molecule has 0 saturated carbocycles. The van der Waals surface area contributed by atoms with Gasteiger partial charge in [0.2, 0.25) is 5.91 Å². The van der Waals surface area contributed by atoms with Crippen molar-refractivity contribution in [3.63, 3.8) is 0 Å². The number of likely N-dealkylation sites (tertiary alicyclic amines) is 1. The number of amides is 2. The van der Waals surface area contributed by atoms with Crippen LogP contribution < -0.4 is 0 Å². The summed E-state index contributed by atoms with van der Waals surface area (Å²) < 4.78 is 0. The summed E-state index contributed by atoms with van der Waals surface area (Å²) in [6.45, 7) is 4.68. The molecular formula is C27H30N4O2S. The van der Waals surface area contributed by atoms with Crippen molar-refractivity contribution in [3.05, 3.63) is 65.5 Å². The fourth-order valence-electron chi connectivity index (χ4n) is 4.72. The maximum Gasteiger partial charge on any atom is 0.266 e. The van der Waals surface area contributed by atoms with Gasteiger partial charge >= 0.3 is 0 Å². The van der Waals surface area contributed by atoms with E-state index in [1.54, 1.807) is 0 Å². The fraction of sp³-hybridized carbons (Fsp3) is 0.370. The zero-order valence-corrected chi connectivity index (χ0v) is 20.3. The van der Waals surface area contributed by atoms with Crippen molar-refractivity contribution in [3.8, 4) is 21.8 Å². The van der Waals surface area contributed by atoms with Gasteiger partial charge in [0.25, 0.3) is 5.91 Å². The first-order valence-electron chi connectivity index (χ1n) is 12.0. The zero-order valence-electron chi connectivity index (χ0n) is 19.5. The highest BCUT2D eigenvalue weighted by Gasteiger charge is 2.33. The van der Waals surface area contributed by atoms with E-state index in [0.29, 0.717) is 18.0 Å². The van der Waals surface area contributed by atoms with Crippen molar-refractivity contribution in [2.75, 3.05) is 46.3 Å². The van der Waals surface area contributed by atoms with Crippen LogP contribution in [0.15, 0.2) is 60.7 Å². The molecule has 0 spiro atoms. The van der Waals surface area contributed by atoms with Gasteiger partial charge in [0.15, 0.2) is 0 Å². The zero-order chi connectivity index (χ0) is 23.5. The molecule has 2 aliphatic rings. The van der Waals surface area contributed by atoms with Gasteiger partial charge < -0.3 is 14.7 Å². The van der Waals surface area contributed by atoms with Gasteiger partial charge in [0.05, 0.1) is 5.69 Å². The first kappa shape index (κ1) is 22.7. The average molecular weight is 475 g/mol. The average Bonchev–Trinajstić information content (AvgIpc) is 3.35. The SMILES string of the molecule is CN1CCN(C(=O)C2CCN(C(=O)c3sc(-c4ccccc4)nc3-c3ccccc3)CC2)CC1. The minimum Gasteiger partial charge on any atom is -0.340 e. The molecule has 5 rings (SSSR count). The van der Waals surface area contributed by atoms with Crippen LogP contribution >= 0.6 is 11.3 Å². The van der Waals surface area contributed by atoms with Crippen molar-refractivity contribution in [1.82, 2.24) is 19.7 Å². The van der Waals surface area contributed by atoms with E-state index < -0.39 is 0 Å². The highest BCUT2D eigenvalue weighted by Crippen LogP contribution is 2.35. The quantitative estimate of drug-likeness (QED) is 0.571. The highest BCUT2D eigenvalue weighted by molar-refractivity contribution is 7.17. The lowest BCUT2D eigenvalue weighted by Gasteiger charge is -2.37. The van der Waals surface area contributed by atoms with Gasteiger partial charge in [-0.3, -0.25) is 9.59 Å². The Bertz CT molecular complexity index is 1130. The van der Waals surface area contributed by atoms with E-state index in [2.05, 4.69) is 11.9 Å². The monoisotopic (exact) mass is 474 g/mol. The Morgan fingerprint density at radius 3 is 2.00 bits per heavy atom. The number of likely N-dealkylation sites (N-methyl/N-ethyl adjacent to an activating group) is 1. The Morgan fingerprint density at radius 2 is 1.38 bits per heavy atom. The van der Waals surface area contributed by atoms with Crippen molar-refractivity contribution < 1.29 is 9.59 Å². The summed E-state index contributed by atoms with van der Waals surface area (Å²) in [6, 6.07) is 19.9. The van der Waals surface area contributed by atoms with Crippen LogP contribution in [0, 0.1) is 5.92 Å². The van der Waals surface area contributed by atoms with Gasteiger partial charge in [0.1, 0.15) is 9.88 Å². The Balaban J connectivity index is 1.33. The summed E-state index contributed by atoms with van der Waals surface area (Å²) in [5, 5.41) is 0.850. The van der Waals surface area contributed by atoms with Crippen LogP contribution in [0.5, 0.6) is 0 Å². The Kier molecular flexibility index (Phi) is 6.74. The van der Waals surface area contributed by atoms with Crippen molar-refractivity contribution in [1.29, 1.82) is 0 Å². The Hall–Kier alpha value is -3.03. The minimum atomic E-state index is 0.0161. The summed E-state index contributed by atoms with van der Waals surface area (Å²) in [4.78, 5) is 38.4. The Morgan fingerprint density at radius 1 is 0.794 bits per heavy atom. The van der Waals surface area contributed by atoms with Crippen LogP contribution in [0.1, 0.15) is 22.5 Å². The maximum absolute atomic E-state index is 13.6. The summed E-state index contributed by atoms with van der Waals surface area (Å²) in [7, 11) is 2.10. The number of hydrogen-bond donors (Lipinski definition) is 0. The molecule has 7 heteroatoms. The normalized spacial score (nSPS) is 17.7. The van der Waals surface area contributed by atoms with Gasteiger partial charge in [-0.05, 0) is 19.9 Å². The highest BCUT2D eigenvalue weighted by atomic mass is 32.1. The van der Waals surface area contributed by atoms with Crippen LogP contribution in [0.3, 0.4) is 0 Å². The molecule has 1 aromatic heterocycles. The summed E-state index contributed by atoms with van der Waals surface area (Å²) in [5.74, 6) is 0.292. The third-order valence-corrected chi connectivity index (χ3v) is 7.93. The molecule has 3 aromatic rings. The van der Waals surface area contributed by atoms with Crippen LogP contribution in [0.25, 0.3) is 21.8 Å². The third kappa shape index (κ3) is 4.76. The first-order chi connectivity index (χ1) is 16.6. The second kappa shape index (κ2) is 10.1.